The van der Waals surface area contributed by atoms with E-state index in [0.29, 0.717) is 6.54 Å². The van der Waals surface area contributed by atoms with Crippen LogP contribution in [0.1, 0.15) is 42.1 Å². The molecule has 0 aliphatic carbocycles. The quantitative estimate of drug-likeness (QED) is 0.699. The standard InChI is InChI=1S/C24H33N3O/c1-20-8-6-17-27(18-20)19-21-11-13-22(14-12-21)24(28)25-15-7-16-26(2)23-9-4-3-5-10-23/h3-5,9-14,20H,6-8,15-19H2,1-2H3,(H,25,28)/t20-/m0/s1. The molecule has 0 aromatic heterocycles. The molecule has 0 unspecified atom stereocenters. The molecule has 1 aliphatic rings. The van der Waals surface area contributed by atoms with E-state index in [9.17, 15) is 4.79 Å². The Hall–Kier alpha value is -2.33. The maximum Gasteiger partial charge on any atom is 0.251 e. The van der Waals surface area contributed by atoms with Crippen LogP contribution >= 0.6 is 0 Å². The molecule has 2 aromatic rings. The number of benzene rings is 2. The van der Waals surface area contributed by atoms with Crippen molar-refractivity contribution in [3.63, 3.8) is 0 Å². The predicted octanol–water partition coefficient (Wildman–Crippen LogP) is 4.17. The fourth-order valence-electron chi connectivity index (χ4n) is 3.88. The van der Waals surface area contributed by atoms with Gasteiger partial charge < -0.3 is 10.2 Å². The molecular weight excluding hydrogens is 346 g/mol. The Bertz CT molecular complexity index is 729. The Morgan fingerprint density at radius 1 is 1.14 bits per heavy atom. The number of anilines is 1. The molecule has 0 radical (unpaired) electrons. The molecule has 1 heterocycles. The number of hydrogen-bond donors (Lipinski definition) is 1. The maximum atomic E-state index is 12.4. The van der Waals surface area contributed by atoms with Crippen molar-refractivity contribution in [1.82, 2.24) is 10.2 Å². The molecule has 28 heavy (non-hydrogen) atoms. The number of nitrogens with one attached hydrogen (secondary N) is 1. The summed E-state index contributed by atoms with van der Waals surface area (Å²) in [4.78, 5) is 17.1. The van der Waals surface area contributed by atoms with Crippen molar-refractivity contribution in [3.05, 3.63) is 65.7 Å². The van der Waals surface area contributed by atoms with Gasteiger partial charge in [-0.25, -0.2) is 0 Å². The van der Waals surface area contributed by atoms with Crippen LogP contribution in [-0.2, 0) is 6.54 Å². The van der Waals surface area contributed by atoms with Gasteiger partial charge in [-0.3, -0.25) is 9.69 Å². The largest absolute Gasteiger partial charge is 0.375 e. The van der Waals surface area contributed by atoms with Gasteiger partial charge in [0.25, 0.3) is 5.91 Å². The molecule has 4 nitrogen and oxygen atoms in total. The van der Waals surface area contributed by atoms with Crippen molar-refractivity contribution >= 4 is 11.6 Å². The summed E-state index contributed by atoms with van der Waals surface area (Å²) < 4.78 is 0. The smallest absolute Gasteiger partial charge is 0.251 e. The number of carbonyl (C=O) groups is 1. The van der Waals surface area contributed by atoms with Gasteiger partial charge in [0, 0.05) is 44.5 Å². The molecule has 1 N–H and O–H groups in total. The number of rotatable bonds is 8. The van der Waals surface area contributed by atoms with Crippen molar-refractivity contribution in [2.45, 2.75) is 32.7 Å². The number of likely N-dealkylation sites (tertiary alicyclic amines) is 1. The Balaban J connectivity index is 1.39. The zero-order valence-corrected chi connectivity index (χ0v) is 17.2. The molecule has 1 amide bonds. The van der Waals surface area contributed by atoms with Crippen molar-refractivity contribution in [3.8, 4) is 0 Å². The van der Waals surface area contributed by atoms with Gasteiger partial charge in [0.1, 0.15) is 0 Å². The summed E-state index contributed by atoms with van der Waals surface area (Å²) in [5.74, 6) is 0.806. The van der Waals surface area contributed by atoms with Crippen LogP contribution in [0.15, 0.2) is 54.6 Å². The molecule has 3 rings (SSSR count). The van der Waals surface area contributed by atoms with E-state index in [4.69, 9.17) is 0 Å². The average molecular weight is 380 g/mol. The first-order valence-electron chi connectivity index (χ1n) is 10.5. The minimum atomic E-state index is 0.0144. The fraction of sp³-hybridized carbons (Fsp3) is 0.458. The van der Waals surface area contributed by atoms with Gasteiger partial charge in [-0.1, -0.05) is 37.3 Å². The lowest BCUT2D eigenvalue weighted by molar-refractivity contribution is 0.0953. The molecule has 150 valence electrons. The van der Waals surface area contributed by atoms with Gasteiger partial charge in [0.05, 0.1) is 0 Å². The van der Waals surface area contributed by atoms with Crippen molar-refractivity contribution in [2.24, 2.45) is 5.92 Å². The number of amides is 1. The Morgan fingerprint density at radius 2 is 1.89 bits per heavy atom. The lowest BCUT2D eigenvalue weighted by atomic mass is 9.99. The first-order chi connectivity index (χ1) is 13.6. The van der Waals surface area contributed by atoms with Crippen LogP contribution in [0, 0.1) is 5.92 Å². The first-order valence-corrected chi connectivity index (χ1v) is 10.5. The van der Waals surface area contributed by atoms with Crippen LogP contribution in [0.4, 0.5) is 5.69 Å². The predicted molar refractivity (Wildman–Crippen MR) is 117 cm³/mol. The molecule has 1 saturated heterocycles. The van der Waals surface area contributed by atoms with E-state index in [1.165, 1.54) is 37.2 Å². The second-order valence-corrected chi connectivity index (χ2v) is 8.05. The zero-order chi connectivity index (χ0) is 19.8. The Morgan fingerprint density at radius 3 is 2.61 bits per heavy atom. The third kappa shape index (κ3) is 6.10. The Kier molecular flexibility index (Phi) is 7.49. The first kappa shape index (κ1) is 20.4. The van der Waals surface area contributed by atoms with E-state index < -0.39 is 0 Å². The number of hydrogen-bond acceptors (Lipinski definition) is 3. The summed E-state index contributed by atoms with van der Waals surface area (Å²) in [5, 5.41) is 3.04. The summed E-state index contributed by atoms with van der Waals surface area (Å²) in [6.07, 6.45) is 3.56. The van der Waals surface area contributed by atoms with E-state index in [0.717, 1.165) is 31.0 Å². The highest BCUT2D eigenvalue weighted by Gasteiger charge is 2.16. The third-order valence-electron chi connectivity index (χ3n) is 5.52. The van der Waals surface area contributed by atoms with Crippen LogP contribution in [-0.4, -0.2) is 44.0 Å². The van der Waals surface area contributed by atoms with Crippen LogP contribution in [0.3, 0.4) is 0 Å². The monoisotopic (exact) mass is 379 g/mol. The van der Waals surface area contributed by atoms with Crippen molar-refractivity contribution in [1.29, 1.82) is 0 Å². The summed E-state index contributed by atoms with van der Waals surface area (Å²) in [7, 11) is 2.08. The number of carbonyl (C=O) groups excluding carboxylic acids is 1. The molecule has 0 bridgehead atoms. The minimum absolute atomic E-state index is 0.0144. The SMILES string of the molecule is C[C@H]1CCCN(Cc2ccc(C(=O)NCCCN(C)c3ccccc3)cc2)C1. The van der Waals surface area contributed by atoms with Crippen molar-refractivity contribution in [2.75, 3.05) is 38.1 Å². The lowest BCUT2D eigenvalue weighted by Crippen LogP contribution is -2.33. The molecule has 1 aliphatic heterocycles. The maximum absolute atomic E-state index is 12.4. The highest BCUT2D eigenvalue weighted by Crippen LogP contribution is 2.18. The van der Waals surface area contributed by atoms with Crippen LogP contribution in [0.5, 0.6) is 0 Å². The fourth-order valence-corrected chi connectivity index (χ4v) is 3.88. The topological polar surface area (TPSA) is 35.6 Å². The van der Waals surface area contributed by atoms with E-state index in [-0.39, 0.29) is 5.91 Å². The molecule has 0 spiro atoms. The molecule has 0 saturated carbocycles. The van der Waals surface area contributed by atoms with Gasteiger partial charge in [0.2, 0.25) is 0 Å². The second kappa shape index (κ2) is 10.3. The van der Waals surface area contributed by atoms with Gasteiger partial charge in [-0.15, -0.1) is 0 Å². The van der Waals surface area contributed by atoms with Crippen LogP contribution < -0.4 is 10.2 Å². The Labute approximate surface area is 169 Å². The molecule has 4 heteroatoms. The highest BCUT2D eigenvalue weighted by atomic mass is 16.1. The van der Waals surface area contributed by atoms with E-state index >= 15 is 0 Å². The second-order valence-electron chi connectivity index (χ2n) is 8.05. The molecule has 1 fully saturated rings. The van der Waals surface area contributed by atoms with E-state index in [1.54, 1.807) is 0 Å². The highest BCUT2D eigenvalue weighted by molar-refractivity contribution is 5.94. The summed E-state index contributed by atoms with van der Waals surface area (Å²) in [6.45, 7) is 7.28. The van der Waals surface area contributed by atoms with Gasteiger partial charge in [0.15, 0.2) is 0 Å². The van der Waals surface area contributed by atoms with E-state index in [1.807, 2.05) is 30.3 Å². The van der Waals surface area contributed by atoms with Crippen LogP contribution in [0.2, 0.25) is 0 Å². The summed E-state index contributed by atoms with van der Waals surface area (Å²) in [6, 6.07) is 18.4. The number of para-hydroxylation sites is 1. The molecule has 2 aromatic carbocycles. The van der Waals surface area contributed by atoms with Gasteiger partial charge in [-0.2, -0.15) is 0 Å². The molecule has 1 atom stereocenters. The normalized spacial score (nSPS) is 17.3. The van der Waals surface area contributed by atoms with E-state index in [2.05, 4.69) is 53.4 Å². The molecular formula is C24H33N3O. The number of piperidine rings is 1. The number of nitrogens with zero attached hydrogens (tertiary/aromatic N) is 2. The van der Waals surface area contributed by atoms with Gasteiger partial charge >= 0.3 is 0 Å². The lowest BCUT2D eigenvalue weighted by Gasteiger charge is -2.30. The minimum Gasteiger partial charge on any atom is -0.375 e. The zero-order valence-electron chi connectivity index (χ0n) is 17.2. The van der Waals surface area contributed by atoms with Gasteiger partial charge in [-0.05, 0) is 61.6 Å². The summed E-state index contributed by atoms with van der Waals surface area (Å²) >= 11 is 0. The van der Waals surface area contributed by atoms with Crippen LogP contribution in [0.25, 0.3) is 0 Å². The summed E-state index contributed by atoms with van der Waals surface area (Å²) in [5.41, 5.74) is 3.23. The average Bonchev–Trinajstić information content (AvgIpc) is 2.72. The van der Waals surface area contributed by atoms with Crippen molar-refractivity contribution < 1.29 is 4.79 Å². The third-order valence-corrected chi connectivity index (χ3v) is 5.52.